The molecule has 96 valence electrons. The van der Waals surface area contributed by atoms with Crippen molar-refractivity contribution in [1.82, 2.24) is 0 Å². The van der Waals surface area contributed by atoms with E-state index in [-0.39, 0.29) is 0 Å². The lowest BCUT2D eigenvalue weighted by molar-refractivity contribution is -0.280. The second kappa shape index (κ2) is 5.22. The van der Waals surface area contributed by atoms with E-state index in [9.17, 15) is 22.0 Å². The molecule has 2 N–H and O–H groups in total. The molecule has 1 unspecified atom stereocenters. The summed E-state index contributed by atoms with van der Waals surface area (Å²) in [5, 5.41) is -2.02. The summed E-state index contributed by atoms with van der Waals surface area (Å²) in [6, 6.07) is 7.67. The first-order chi connectivity index (χ1) is 7.79. The molecule has 0 aliphatic heterocycles. The van der Waals surface area contributed by atoms with Crippen molar-refractivity contribution >= 4 is 11.8 Å². The second-order valence-corrected chi connectivity index (χ2v) is 4.55. The van der Waals surface area contributed by atoms with Gasteiger partial charge in [0.05, 0.1) is 5.25 Å². The molecular weight excluding hydrogens is 261 g/mol. The lowest BCUT2D eigenvalue weighted by Gasteiger charge is -2.27. The number of hydrogen-bond donors (Lipinski definition) is 1. The van der Waals surface area contributed by atoms with E-state index in [2.05, 4.69) is 0 Å². The topological polar surface area (TPSA) is 26.0 Å². The quantitative estimate of drug-likeness (QED) is 0.671. The van der Waals surface area contributed by atoms with E-state index >= 15 is 0 Å². The third-order valence-electron chi connectivity index (χ3n) is 2.02. The van der Waals surface area contributed by atoms with Gasteiger partial charge in [0, 0.05) is 11.4 Å². The van der Waals surface area contributed by atoms with Crippen LogP contribution in [-0.2, 0) is 0 Å². The smallest absolute Gasteiger partial charge is 0.329 e. The fraction of sp³-hybridized carbons (Fsp3) is 0.400. The number of thioether (sulfide) groups is 1. The SMILES string of the molecule is NCC(Sc1ccccc1)C(F)(F)C(F)(F)F. The maximum absolute atomic E-state index is 13.1. The minimum Gasteiger partial charge on any atom is -0.329 e. The van der Waals surface area contributed by atoms with Gasteiger partial charge in [-0.2, -0.15) is 22.0 Å². The van der Waals surface area contributed by atoms with Crippen LogP contribution in [0, 0.1) is 0 Å². The largest absolute Gasteiger partial charge is 0.454 e. The lowest BCUT2D eigenvalue weighted by atomic mass is 10.2. The van der Waals surface area contributed by atoms with E-state index in [0.29, 0.717) is 16.7 Å². The van der Waals surface area contributed by atoms with Crippen LogP contribution in [0.2, 0.25) is 0 Å². The predicted molar refractivity (Wildman–Crippen MR) is 56.1 cm³/mol. The number of benzene rings is 1. The summed E-state index contributed by atoms with van der Waals surface area (Å²) in [5.41, 5.74) is 5.00. The van der Waals surface area contributed by atoms with Crippen LogP contribution < -0.4 is 5.73 Å². The normalized spacial score (nSPS) is 14.7. The highest BCUT2D eigenvalue weighted by Gasteiger charge is 2.62. The summed E-state index contributed by atoms with van der Waals surface area (Å²) in [6.45, 7) is -0.758. The summed E-state index contributed by atoms with van der Waals surface area (Å²) >= 11 is 0.428. The molecule has 1 rings (SSSR count). The van der Waals surface area contributed by atoms with Crippen LogP contribution in [0.1, 0.15) is 0 Å². The van der Waals surface area contributed by atoms with Gasteiger partial charge in [0.25, 0.3) is 0 Å². The van der Waals surface area contributed by atoms with Crippen molar-refractivity contribution in [3.8, 4) is 0 Å². The third-order valence-corrected chi connectivity index (χ3v) is 3.34. The van der Waals surface area contributed by atoms with Crippen LogP contribution in [0.5, 0.6) is 0 Å². The Morgan fingerprint density at radius 3 is 2.00 bits per heavy atom. The molecule has 0 saturated carbocycles. The number of rotatable bonds is 4. The minimum atomic E-state index is -5.58. The molecular formula is C10H10F5NS. The second-order valence-electron chi connectivity index (χ2n) is 3.28. The summed E-state index contributed by atoms with van der Waals surface area (Å²) < 4.78 is 62.6. The standard InChI is InChI=1S/C10H10F5NS/c11-9(12,10(13,14)15)8(6-16)17-7-4-2-1-3-5-7/h1-5,8H,6,16H2. The van der Waals surface area contributed by atoms with Gasteiger partial charge in [-0.15, -0.1) is 11.8 Å². The molecule has 1 nitrogen and oxygen atoms in total. The highest BCUT2D eigenvalue weighted by Crippen LogP contribution is 2.44. The third kappa shape index (κ3) is 3.32. The van der Waals surface area contributed by atoms with E-state index in [1.807, 2.05) is 0 Å². The van der Waals surface area contributed by atoms with Crippen molar-refractivity contribution in [3.05, 3.63) is 30.3 Å². The summed E-state index contributed by atoms with van der Waals surface area (Å²) in [6.07, 6.45) is -5.58. The molecule has 1 aromatic rings. The van der Waals surface area contributed by atoms with Crippen molar-refractivity contribution in [1.29, 1.82) is 0 Å². The van der Waals surface area contributed by atoms with Gasteiger partial charge in [0.15, 0.2) is 0 Å². The number of nitrogens with two attached hydrogens (primary N) is 1. The Morgan fingerprint density at radius 1 is 1.06 bits per heavy atom. The minimum absolute atomic E-state index is 0.326. The molecule has 0 radical (unpaired) electrons. The molecule has 0 aliphatic rings. The number of hydrogen-bond acceptors (Lipinski definition) is 2. The van der Waals surface area contributed by atoms with Crippen LogP contribution in [0.4, 0.5) is 22.0 Å². The zero-order valence-electron chi connectivity index (χ0n) is 8.55. The molecule has 0 heterocycles. The van der Waals surface area contributed by atoms with Crippen LogP contribution >= 0.6 is 11.8 Å². The van der Waals surface area contributed by atoms with Gasteiger partial charge in [-0.1, -0.05) is 18.2 Å². The predicted octanol–water partition coefficient (Wildman–Crippen LogP) is 3.30. The first-order valence-electron chi connectivity index (χ1n) is 4.65. The molecule has 0 aromatic heterocycles. The van der Waals surface area contributed by atoms with Gasteiger partial charge < -0.3 is 5.73 Å². The summed E-state index contributed by atoms with van der Waals surface area (Å²) in [7, 11) is 0. The Kier molecular flexibility index (Phi) is 4.37. The Bertz CT molecular complexity index is 351. The Labute approximate surface area is 99.2 Å². The summed E-state index contributed by atoms with van der Waals surface area (Å²) in [5.74, 6) is -4.80. The highest BCUT2D eigenvalue weighted by atomic mass is 32.2. The molecule has 0 fully saturated rings. The van der Waals surface area contributed by atoms with Gasteiger partial charge in [-0.3, -0.25) is 0 Å². The van der Waals surface area contributed by atoms with Gasteiger partial charge >= 0.3 is 12.1 Å². The average molecular weight is 271 g/mol. The highest BCUT2D eigenvalue weighted by molar-refractivity contribution is 8.00. The fourth-order valence-corrected chi connectivity index (χ4v) is 2.14. The van der Waals surface area contributed by atoms with E-state index in [1.54, 1.807) is 18.2 Å². The molecule has 0 amide bonds. The summed E-state index contributed by atoms with van der Waals surface area (Å²) in [4.78, 5) is 0.326. The zero-order chi connectivity index (χ0) is 13.1. The average Bonchev–Trinajstić information content (AvgIpc) is 2.25. The zero-order valence-corrected chi connectivity index (χ0v) is 9.36. The Morgan fingerprint density at radius 2 is 1.59 bits per heavy atom. The van der Waals surface area contributed by atoms with Gasteiger partial charge in [-0.25, -0.2) is 0 Å². The van der Waals surface area contributed by atoms with E-state index in [4.69, 9.17) is 5.73 Å². The first-order valence-corrected chi connectivity index (χ1v) is 5.53. The van der Waals surface area contributed by atoms with Crippen molar-refractivity contribution in [2.75, 3.05) is 6.54 Å². The van der Waals surface area contributed by atoms with Gasteiger partial charge in [-0.05, 0) is 12.1 Å². The van der Waals surface area contributed by atoms with E-state index < -0.39 is 23.9 Å². The van der Waals surface area contributed by atoms with Crippen LogP contribution in [0.25, 0.3) is 0 Å². The molecule has 0 aliphatic carbocycles. The van der Waals surface area contributed by atoms with Crippen LogP contribution in [0.15, 0.2) is 35.2 Å². The Hall–Kier alpha value is -0.820. The van der Waals surface area contributed by atoms with Crippen LogP contribution in [0.3, 0.4) is 0 Å². The first kappa shape index (κ1) is 14.2. The number of halogens is 5. The monoisotopic (exact) mass is 271 g/mol. The molecule has 1 aromatic carbocycles. The maximum atomic E-state index is 13.1. The number of alkyl halides is 5. The van der Waals surface area contributed by atoms with Crippen molar-refractivity contribution < 1.29 is 22.0 Å². The van der Waals surface area contributed by atoms with Crippen LogP contribution in [-0.4, -0.2) is 23.9 Å². The van der Waals surface area contributed by atoms with Crippen molar-refractivity contribution in [2.24, 2.45) is 5.73 Å². The maximum Gasteiger partial charge on any atom is 0.454 e. The van der Waals surface area contributed by atoms with Crippen molar-refractivity contribution in [3.63, 3.8) is 0 Å². The molecule has 0 bridgehead atoms. The molecule has 1 atom stereocenters. The van der Waals surface area contributed by atoms with Gasteiger partial charge in [0.1, 0.15) is 0 Å². The molecule has 17 heavy (non-hydrogen) atoms. The lowest BCUT2D eigenvalue weighted by Crippen LogP contribution is -2.48. The van der Waals surface area contributed by atoms with Crippen molar-refractivity contribution in [2.45, 2.75) is 22.2 Å². The van der Waals surface area contributed by atoms with Gasteiger partial charge in [0.2, 0.25) is 0 Å². The Balaban J connectivity index is 2.86. The van der Waals surface area contributed by atoms with E-state index in [1.165, 1.54) is 12.1 Å². The fourth-order valence-electron chi connectivity index (χ4n) is 1.12. The molecule has 0 saturated heterocycles. The van der Waals surface area contributed by atoms with E-state index in [0.717, 1.165) is 0 Å². The molecule has 7 heteroatoms. The molecule has 0 spiro atoms.